The van der Waals surface area contributed by atoms with E-state index in [-0.39, 0.29) is 6.10 Å². The summed E-state index contributed by atoms with van der Waals surface area (Å²) in [6.07, 6.45) is 0.909. The smallest absolute Gasteiger partial charge is 0.122 e. The van der Waals surface area contributed by atoms with Crippen molar-refractivity contribution in [3.05, 3.63) is 16.1 Å². The SMILES string of the molecule is COCCCOCCOC(C)c1nc(CCl)cs1. The van der Waals surface area contributed by atoms with Crippen LogP contribution >= 0.6 is 22.9 Å². The van der Waals surface area contributed by atoms with E-state index >= 15 is 0 Å². The van der Waals surface area contributed by atoms with E-state index in [4.69, 9.17) is 25.8 Å². The lowest BCUT2D eigenvalue weighted by atomic mass is 10.4. The van der Waals surface area contributed by atoms with Gasteiger partial charge < -0.3 is 14.2 Å². The fraction of sp³-hybridized carbons (Fsp3) is 0.750. The maximum atomic E-state index is 5.71. The van der Waals surface area contributed by atoms with Gasteiger partial charge in [-0.15, -0.1) is 22.9 Å². The molecule has 0 spiro atoms. The summed E-state index contributed by atoms with van der Waals surface area (Å²) in [6.45, 7) is 4.60. The topological polar surface area (TPSA) is 40.6 Å². The standard InChI is InChI=1S/C12H20ClNO3S/c1-10(12-14-11(8-13)9-18-12)17-7-6-16-5-3-4-15-2/h9-10H,3-8H2,1-2H3. The summed E-state index contributed by atoms with van der Waals surface area (Å²) in [7, 11) is 1.69. The number of halogens is 1. The van der Waals surface area contributed by atoms with Crippen LogP contribution in [0.3, 0.4) is 0 Å². The van der Waals surface area contributed by atoms with Gasteiger partial charge in [0.2, 0.25) is 0 Å². The van der Waals surface area contributed by atoms with Gasteiger partial charge in [0, 0.05) is 25.7 Å². The molecule has 0 saturated carbocycles. The number of ether oxygens (including phenoxy) is 3. The molecular formula is C12H20ClNO3S. The highest BCUT2D eigenvalue weighted by molar-refractivity contribution is 7.09. The molecule has 0 aliphatic carbocycles. The van der Waals surface area contributed by atoms with Gasteiger partial charge in [-0.1, -0.05) is 0 Å². The van der Waals surface area contributed by atoms with E-state index in [2.05, 4.69) is 4.98 Å². The summed E-state index contributed by atoms with van der Waals surface area (Å²) < 4.78 is 16.0. The van der Waals surface area contributed by atoms with E-state index in [0.717, 1.165) is 23.7 Å². The highest BCUT2D eigenvalue weighted by Gasteiger charge is 2.10. The quantitative estimate of drug-likeness (QED) is 0.491. The molecule has 0 amide bonds. The van der Waals surface area contributed by atoms with Gasteiger partial charge in [-0.3, -0.25) is 0 Å². The van der Waals surface area contributed by atoms with Gasteiger partial charge in [-0.25, -0.2) is 4.98 Å². The van der Waals surface area contributed by atoms with Crippen LogP contribution in [0.4, 0.5) is 0 Å². The zero-order valence-corrected chi connectivity index (χ0v) is 12.4. The predicted molar refractivity (Wildman–Crippen MR) is 73.4 cm³/mol. The summed E-state index contributed by atoms with van der Waals surface area (Å²) in [5, 5.41) is 2.92. The molecule has 0 aliphatic heterocycles. The lowest BCUT2D eigenvalue weighted by molar-refractivity contribution is 0.00747. The summed E-state index contributed by atoms with van der Waals surface area (Å²) >= 11 is 7.28. The monoisotopic (exact) mass is 293 g/mol. The van der Waals surface area contributed by atoms with Gasteiger partial charge in [0.1, 0.15) is 11.1 Å². The van der Waals surface area contributed by atoms with E-state index in [9.17, 15) is 0 Å². The Labute approximate surface area is 117 Å². The average molecular weight is 294 g/mol. The molecule has 6 heteroatoms. The minimum Gasteiger partial charge on any atom is -0.385 e. The Hall–Kier alpha value is -0.200. The van der Waals surface area contributed by atoms with Crippen LogP contribution in [0.1, 0.15) is 30.2 Å². The highest BCUT2D eigenvalue weighted by atomic mass is 35.5. The van der Waals surface area contributed by atoms with Crippen LogP contribution in [-0.2, 0) is 20.1 Å². The number of hydrogen-bond acceptors (Lipinski definition) is 5. The van der Waals surface area contributed by atoms with Crippen LogP contribution in [0.25, 0.3) is 0 Å². The molecular weight excluding hydrogens is 274 g/mol. The first-order valence-corrected chi connectivity index (χ1v) is 7.38. The van der Waals surface area contributed by atoms with Gasteiger partial charge in [0.25, 0.3) is 0 Å². The Morgan fingerprint density at radius 1 is 1.33 bits per heavy atom. The molecule has 0 aliphatic rings. The minimum absolute atomic E-state index is 0.00505. The first kappa shape index (κ1) is 15.9. The second-order valence-corrected chi connectivity index (χ2v) is 4.94. The van der Waals surface area contributed by atoms with E-state index in [1.54, 1.807) is 18.4 Å². The number of methoxy groups -OCH3 is 1. The molecule has 1 unspecified atom stereocenters. The van der Waals surface area contributed by atoms with Crippen molar-refractivity contribution in [3.63, 3.8) is 0 Å². The van der Waals surface area contributed by atoms with Crippen LogP contribution in [0.5, 0.6) is 0 Å². The largest absolute Gasteiger partial charge is 0.385 e. The first-order chi connectivity index (χ1) is 8.77. The van der Waals surface area contributed by atoms with Crippen molar-refractivity contribution in [2.24, 2.45) is 0 Å². The maximum absolute atomic E-state index is 5.71. The van der Waals surface area contributed by atoms with Crippen LogP contribution in [0, 0.1) is 0 Å². The Bertz CT molecular complexity index is 322. The Kier molecular flexibility index (Phi) is 8.54. The summed E-state index contributed by atoms with van der Waals surface area (Å²) in [5.74, 6) is 0.450. The molecule has 0 saturated heterocycles. The molecule has 1 rings (SSSR count). The number of rotatable bonds is 10. The fourth-order valence-corrected chi connectivity index (χ4v) is 2.38. The van der Waals surface area contributed by atoms with Gasteiger partial charge >= 0.3 is 0 Å². The third kappa shape index (κ3) is 6.11. The van der Waals surface area contributed by atoms with E-state index in [1.807, 2.05) is 12.3 Å². The molecule has 1 heterocycles. The van der Waals surface area contributed by atoms with Gasteiger partial charge in [-0.2, -0.15) is 0 Å². The maximum Gasteiger partial charge on any atom is 0.122 e. The number of aromatic nitrogens is 1. The molecule has 104 valence electrons. The van der Waals surface area contributed by atoms with Gasteiger partial charge in [-0.05, 0) is 13.3 Å². The summed E-state index contributed by atoms with van der Waals surface area (Å²) in [4.78, 5) is 4.37. The fourth-order valence-electron chi connectivity index (χ4n) is 1.33. The summed E-state index contributed by atoms with van der Waals surface area (Å²) in [5.41, 5.74) is 0.905. The zero-order valence-electron chi connectivity index (χ0n) is 10.9. The number of alkyl halides is 1. The van der Waals surface area contributed by atoms with Crippen LogP contribution in [0.2, 0.25) is 0 Å². The Balaban J connectivity index is 2.08. The molecule has 0 fully saturated rings. The number of hydrogen-bond donors (Lipinski definition) is 0. The molecule has 0 bridgehead atoms. The average Bonchev–Trinajstić information content (AvgIpc) is 2.86. The predicted octanol–water partition coefficient (Wildman–Crippen LogP) is 3.01. The third-order valence-electron chi connectivity index (χ3n) is 2.29. The van der Waals surface area contributed by atoms with Crippen molar-refractivity contribution in [2.45, 2.75) is 25.3 Å². The molecule has 1 atom stereocenters. The lowest BCUT2D eigenvalue weighted by Crippen LogP contribution is -2.09. The van der Waals surface area contributed by atoms with Crippen molar-refractivity contribution in [1.82, 2.24) is 4.98 Å². The third-order valence-corrected chi connectivity index (χ3v) is 3.62. The Morgan fingerprint density at radius 3 is 2.83 bits per heavy atom. The molecule has 0 radical (unpaired) electrons. The number of nitrogens with zero attached hydrogens (tertiary/aromatic N) is 1. The molecule has 1 aromatic rings. The normalized spacial score (nSPS) is 12.8. The number of thiazole rings is 1. The molecule has 0 aromatic carbocycles. The van der Waals surface area contributed by atoms with Crippen LogP contribution in [-0.4, -0.2) is 38.5 Å². The van der Waals surface area contributed by atoms with Gasteiger partial charge in [0.15, 0.2) is 0 Å². The zero-order chi connectivity index (χ0) is 13.2. The van der Waals surface area contributed by atoms with Crippen molar-refractivity contribution in [2.75, 3.05) is 33.5 Å². The van der Waals surface area contributed by atoms with Crippen LogP contribution < -0.4 is 0 Å². The van der Waals surface area contributed by atoms with Crippen LogP contribution in [0.15, 0.2) is 5.38 Å². The Morgan fingerprint density at radius 2 is 2.17 bits per heavy atom. The highest BCUT2D eigenvalue weighted by Crippen LogP contribution is 2.21. The van der Waals surface area contributed by atoms with E-state index in [1.165, 1.54) is 0 Å². The van der Waals surface area contributed by atoms with Crippen molar-refractivity contribution < 1.29 is 14.2 Å². The van der Waals surface area contributed by atoms with Crippen molar-refractivity contribution >= 4 is 22.9 Å². The van der Waals surface area contributed by atoms with Crippen molar-refractivity contribution in [1.29, 1.82) is 0 Å². The lowest BCUT2D eigenvalue weighted by Gasteiger charge is -2.10. The molecule has 0 N–H and O–H groups in total. The minimum atomic E-state index is -0.00505. The second kappa shape index (κ2) is 9.69. The van der Waals surface area contributed by atoms with Gasteiger partial charge in [0.05, 0.1) is 24.8 Å². The summed E-state index contributed by atoms with van der Waals surface area (Å²) in [6, 6.07) is 0. The second-order valence-electron chi connectivity index (χ2n) is 3.78. The first-order valence-electron chi connectivity index (χ1n) is 5.96. The van der Waals surface area contributed by atoms with E-state index in [0.29, 0.717) is 25.7 Å². The van der Waals surface area contributed by atoms with Crippen molar-refractivity contribution in [3.8, 4) is 0 Å². The van der Waals surface area contributed by atoms with E-state index < -0.39 is 0 Å². The molecule has 18 heavy (non-hydrogen) atoms. The molecule has 4 nitrogen and oxygen atoms in total. The molecule has 1 aromatic heterocycles.